The molecule has 1 unspecified atom stereocenters. The van der Waals surface area contributed by atoms with Crippen LogP contribution in [0.1, 0.15) is 77.0 Å². The van der Waals surface area contributed by atoms with Crippen molar-refractivity contribution in [1.29, 1.82) is 0 Å². The summed E-state index contributed by atoms with van der Waals surface area (Å²) in [6.07, 6.45) is 7.52. The van der Waals surface area contributed by atoms with Crippen molar-refractivity contribution in [1.82, 2.24) is 10.2 Å². The van der Waals surface area contributed by atoms with Crippen molar-refractivity contribution in [2.45, 2.75) is 79.2 Å². The minimum atomic E-state index is 0.281. The molecule has 0 aliphatic carbocycles. The number of hydrogen-bond donors (Lipinski definition) is 1. The van der Waals surface area contributed by atoms with Gasteiger partial charge in [0.15, 0.2) is 0 Å². The molecule has 1 aliphatic heterocycles. The van der Waals surface area contributed by atoms with Crippen molar-refractivity contribution in [3.63, 3.8) is 0 Å². The molecule has 1 aliphatic rings. The van der Waals surface area contributed by atoms with Crippen LogP contribution in [0.15, 0.2) is 29.4 Å². The van der Waals surface area contributed by atoms with Crippen LogP contribution >= 0.6 is 0 Å². The van der Waals surface area contributed by atoms with Gasteiger partial charge in [0, 0.05) is 44.4 Å². The lowest BCUT2D eigenvalue weighted by molar-refractivity contribution is -0.118. The highest BCUT2D eigenvalue weighted by Crippen LogP contribution is 2.22. The first-order valence-electron chi connectivity index (χ1n) is 11.8. The van der Waals surface area contributed by atoms with E-state index < -0.39 is 0 Å². The van der Waals surface area contributed by atoms with Crippen molar-refractivity contribution in [3.8, 4) is 0 Å². The van der Waals surface area contributed by atoms with Gasteiger partial charge in [-0.05, 0) is 61.4 Å². The van der Waals surface area contributed by atoms with Crippen LogP contribution in [0, 0.1) is 0 Å². The molecular formula is C26H41N3O. The molecule has 0 bridgehead atoms. The molecular weight excluding hydrogens is 370 g/mol. The molecule has 0 amide bonds. The third-order valence-corrected chi connectivity index (χ3v) is 6.23. The lowest BCUT2D eigenvalue weighted by Gasteiger charge is -2.33. The van der Waals surface area contributed by atoms with Gasteiger partial charge in [0.25, 0.3) is 0 Å². The molecule has 2 rings (SSSR count). The molecule has 1 N–H and O–H groups in total. The highest BCUT2D eigenvalue weighted by molar-refractivity contribution is 5.88. The second-order valence-corrected chi connectivity index (χ2v) is 8.27. The minimum Gasteiger partial charge on any atom is -0.307 e. The van der Waals surface area contributed by atoms with Gasteiger partial charge in [-0.3, -0.25) is 9.79 Å². The van der Waals surface area contributed by atoms with Crippen LogP contribution in [0.4, 0.5) is 0 Å². The lowest BCUT2D eigenvalue weighted by atomic mass is 9.96. The molecule has 1 heterocycles. The van der Waals surface area contributed by atoms with Gasteiger partial charge in [0.2, 0.25) is 0 Å². The Hall–Kier alpha value is -1.78. The summed E-state index contributed by atoms with van der Waals surface area (Å²) >= 11 is 0. The molecule has 0 aromatic heterocycles. The predicted octanol–water partition coefficient (Wildman–Crippen LogP) is 5.06. The highest BCUT2D eigenvalue weighted by atomic mass is 16.1. The monoisotopic (exact) mass is 411 g/mol. The van der Waals surface area contributed by atoms with Gasteiger partial charge in [-0.1, -0.05) is 45.9 Å². The number of nitrogens with one attached hydrogen (secondary N) is 1. The number of allylic oxidation sites excluding steroid dienone is 1. The number of aliphatic imine (C=N–C) groups is 1. The summed E-state index contributed by atoms with van der Waals surface area (Å²) in [4.78, 5) is 18.9. The van der Waals surface area contributed by atoms with Crippen molar-refractivity contribution < 1.29 is 4.79 Å². The molecule has 1 atom stereocenters. The zero-order valence-electron chi connectivity index (χ0n) is 19.8. The average Bonchev–Trinajstić information content (AvgIpc) is 2.79. The third-order valence-electron chi connectivity index (χ3n) is 6.23. The van der Waals surface area contributed by atoms with Crippen molar-refractivity contribution in [2.24, 2.45) is 4.99 Å². The molecule has 0 radical (unpaired) electrons. The average molecular weight is 412 g/mol. The first kappa shape index (κ1) is 24.5. The van der Waals surface area contributed by atoms with E-state index in [2.05, 4.69) is 62.3 Å². The zero-order chi connectivity index (χ0) is 21.9. The fraction of sp³-hybridized carbons (Fsp3) is 0.615. The Balaban J connectivity index is 2.03. The summed E-state index contributed by atoms with van der Waals surface area (Å²) in [6, 6.07) is 7.15. The summed E-state index contributed by atoms with van der Waals surface area (Å²) in [5.74, 6) is 0.370. The number of nitrogens with zero attached hydrogens (tertiary/aromatic N) is 2. The molecule has 1 fully saturated rings. The van der Waals surface area contributed by atoms with Gasteiger partial charge in [-0.2, -0.15) is 0 Å². The fourth-order valence-electron chi connectivity index (χ4n) is 4.11. The largest absolute Gasteiger partial charge is 0.307 e. The Kier molecular flexibility index (Phi) is 10.5. The van der Waals surface area contributed by atoms with Crippen LogP contribution in [0.5, 0.6) is 0 Å². The van der Waals surface area contributed by atoms with E-state index in [9.17, 15) is 4.79 Å². The molecule has 1 saturated heterocycles. The summed E-state index contributed by atoms with van der Waals surface area (Å²) in [5, 5.41) is 3.61. The van der Waals surface area contributed by atoms with Crippen molar-refractivity contribution in [2.75, 3.05) is 26.2 Å². The van der Waals surface area contributed by atoms with Crippen LogP contribution in [0.2, 0.25) is 0 Å². The second kappa shape index (κ2) is 12.8. The van der Waals surface area contributed by atoms with Crippen molar-refractivity contribution >= 4 is 17.1 Å². The summed E-state index contributed by atoms with van der Waals surface area (Å²) in [6.45, 7) is 14.7. The molecule has 0 saturated carbocycles. The first-order chi connectivity index (χ1) is 14.5. The first-order valence-corrected chi connectivity index (χ1v) is 11.8. The van der Waals surface area contributed by atoms with Crippen LogP contribution in [0.25, 0.3) is 5.57 Å². The van der Waals surface area contributed by atoms with E-state index in [4.69, 9.17) is 4.99 Å². The summed E-state index contributed by atoms with van der Waals surface area (Å²) < 4.78 is 0. The molecule has 1 aromatic rings. The van der Waals surface area contributed by atoms with Crippen LogP contribution in [0.3, 0.4) is 0 Å². The maximum Gasteiger partial charge on any atom is 0.132 e. The fourth-order valence-corrected chi connectivity index (χ4v) is 4.11. The molecule has 0 spiro atoms. The van der Waals surface area contributed by atoms with Crippen LogP contribution < -0.4 is 5.32 Å². The van der Waals surface area contributed by atoms with Gasteiger partial charge in [0.05, 0.1) is 6.04 Å². The van der Waals surface area contributed by atoms with Crippen LogP contribution in [-0.2, 0) is 17.6 Å². The number of rotatable bonds is 11. The van der Waals surface area contributed by atoms with E-state index in [1.165, 1.54) is 22.3 Å². The number of benzene rings is 1. The number of ketones is 1. The van der Waals surface area contributed by atoms with Crippen molar-refractivity contribution in [3.05, 3.63) is 41.1 Å². The Morgan fingerprint density at radius 2 is 1.93 bits per heavy atom. The second-order valence-electron chi connectivity index (χ2n) is 8.27. The Morgan fingerprint density at radius 3 is 2.60 bits per heavy atom. The molecule has 4 nitrogen and oxygen atoms in total. The Bertz CT molecular complexity index is 751. The molecule has 166 valence electrons. The molecule has 1 aromatic carbocycles. The number of carbonyl (C=O) groups is 1. The van der Waals surface area contributed by atoms with E-state index in [0.717, 1.165) is 57.6 Å². The maximum atomic E-state index is 11.5. The summed E-state index contributed by atoms with van der Waals surface area (Å²) in [5.41, 5.74) is 6.61. The van der Waals surface area contributed by atoms with E-state index in [1.54, 1.807) is 0 Å². The summed E-state index contributed by atoms with van der Waals surface area (Å²) in [7, 11) is 0. The van der Waals surface area contributed by atoms with E-state index in [1.807, 2.05) is 6.92 Å². The minimum absolute atomic E-state index is 0.281. The van der Waals surface area contributed by atoms with E-state index in [0.29, 0.717) is 18.6 Å². The number of carbonyl (C=O) groups excluding carboxylic acids is 1. The lowest BCUT2D eigenvalue weighted by Crippen LogP contribution is -2.53. The Labute approximate surface area is 183 Å². The number of hydrogen-bond acceptors (Lipinski definition) is 4. The number of piperazine rings is 1. The van der Waals surface area contributed by atoms with Gasteiger partial charge >= 0.3 is 0 Å². The van der Waals surface area contributed by atoms with Gasteiger partial charge in [-0.15, -0.1) is 0 Å². The smallest absolute Gasteiger partial charge is 0.132 e. The quantitative estimate of drug-likeness (QED) is 0.518. The zero-order valence-corrected chi connectivity index (χ0v) is 19.8. The van der Waals surface area contributed by atoms with Crippen LogP contribution in [-0.4, -0.2) is 48.6 Å². The molecule has 4 heteroatoms. The van der Waals surface area contributed by atoms with Gasteiger partial charge in [-0.25, -0.2) is 0 Å². The predicted molar refractivity (Wildman–Crippen MR) is 129 cm³/mol. The number of Topliss-reactive ketones (excluding diaryl/α,β-unsaturated/α-hetero) is 1. The normalized spacial score (nSPS) is 18.6. The SMILES string of the molecule is CCC(=O)CCCN1CCNC(C(C)=N/C=C(\CC)c2ccc(CC)c(CC)c2)C1. The topological polar surface area (TPSA) is 44.7 Å². The van der Waals surface area contributed by atoms with Gasteiger partial charge in [0.1, 0.15) is 5.78 Å². The Morgan fingerprint density at radius 1 is 1.17 bits per heavy atom. The van der Waals surface area contributed by atoms with E-state index >= 15 is 0 Å². The molecule has 30 heavy (non-hydrogen) atoms. The maximum absolute atomic E-state index is 11.5. The highest BCUT2D eigenvalue weighted by Gasteiger charge is 2.21. The van der Waals surface area contributed by atoms with Gasteiger partial charge < -0.3 is 10.2 Å². The standard InChI is InChI=1S/C26H41N3O/c1-6-21-12-13-24(17-22(21)7-2)23(8-3)18-28-20(5)26-19-29(16-14-27-26)15-10-11-25(30)9-4/h12-13,17-18,26-27H,6-11,14-16,19H2,1-5H3/b23-18+,28-20?. The number of aryl methyl sites for hydroxylation is 2. The van der Waals surface area contributed by atoms with E-state index in [-0.39, 0.29) is 6.04 Å². The third kappa shape index (κ3) is 7.17.